The van der Waals surface area contributed by atoms with Gasteiger partial charge in [0.05, 0.1) is 26.9 Å². The molecule has 26 heavy (non-hydrogen) atoms. The Morgan fingerprint density at radius 2 is 1.54 bits per heavy atom. The molecule has 0 saturated carbocycles. The Morgan fingerprint density at radius 1 is 0.885 bits per heavy atom. The van der Waals surface area contributed by atoms with Crippen molar-refractivity contribution in [3.63, 3.8) is 0 Å². The van der Waals surface area contributed by atoms with Crippen molar-refractivity contribution in [2.45, 2.75) is 0 Å². The molecule has 0 bridgehead atoms. The van der Waals surface area contributed by atoms with Crippen molar-refractivity contribution in [1.29, 1.82) is 0 Å². The Kier molecular flexibility index (Phi) is 5.27. The van der Waals surface area contributed by atoms with Crippen molar-refractivity contribution in [1.82, 2.24) is 0 Å². The van der Waals surface area contributed by atoms with E-state index in [4.69, 9.17) is 18.9 Å². The summed E-state index contributed by atoms with van der Waals surface area (Å²) in [5, 5.41) is 0. The highest BCUT2D eigenvalue weighted by atomic mass is 16.5. The van der Waals surface area contributed by atoms with Crippen LogP contribution in [0.15, 0.2) is 53.6 Å². The second-order valence-corrected chi connectivity index (χ2v) is 5.67. The molecule has 0 amide bonds. The molecule has 0 atom stereocenters. The number of esters is 1. The Morgan fingerprint density at radius 3 is 2.12 bits per heavy atom. The molecule has 1 aliphatic rings. The molecule has 0 N–H and O–H groups in total. The monoisotopic (exact) mass is 352 g/mol. The third-order valence-corrected chi connectivity index (χ3v) is 4.06. The molecule has 2 aromatic carbocycles. The van der Waals surface area contributed by atoms with E-state index in [0.717, 1.165) is 16.7 Å². The van der Waals surface area contributed by atoms with E-state index in [1.807, 2.05) is 36.4 Å². The van der Waals surface area contributed by atoms with Crippen LogP contribution in [0.4, 0.5) is 0 Å². The molecule has 5 nitrogen and oxygen atoms in total. The standard InChI is InChI=1S/C21H20O5/c1-23-18-11-15(12-19(24-2)20(18)25-3)10-17-16(13-26-21(17)22)9-14-7-5-4-6-8-14/h4-12H,13H2,1-3H3/b16-9-,17-10+. The smallest absolute Gasteiger partial charge is 0.338 e. The van der Waals surface area contributed by atoms with Gasteiger partial charge in [-0.3, -0.25) is 0 Å². The van der Waals surface area contributed by atoms with Crippen LogP contribution in [0.25, 0.3) is 12.2 Å². The van der Waals surface area contributed by atoms with E-state index in [9.17, 15) is 4.79 Å². The minimum absolute atomic E-state index is 0.254. The molecule has 0 radical (unpaired) electrons. The highest BCUT2D eigenvalue weighted by Crippen LogP contribution is 2.39. The van der Waals surface area contributed by atoms with Crippen LogP contribution in [0.3, 0.4) is 0 Å². The average molecular weight is 352 g/mol. The Bertz CT molecular complexity index is 840. The largest absolute Gasteiger partial charge is 0.493 e. The van der Waals surface area contributed by atoms with Gasteiger partial charge in [0.15, 0.2) is 11.5 Å². The van der Waals surface area contributed by atoms with Crippen molar-refractivity contribution in [3.8, 4) is 17.2 Å². The summed E-state index contributed by atoms with van der Waals surface area (Å²) in [4.78, 5) is 12.2. The fourth-order valence-electron chi connectivity index (χ4n) is 2.80. The van der Waals surface area contributed by atoms with Gasteiger partial charge in [-0.05, 0) is 35.4 Å². The lowest BCUT2D eigenvalue weighted by Crippen LogP contribution is -1.97. The number of methoxy groups -OCH3 is 3. The first kappa shape index (κ1) is 17.6. The molecule has 1 saturated heterocycles. The maximum Gasteiger partial charge on any atom is 0.338 e. The minimum Gasteiger partial charge on any atom is -0.493 e. The Labute approximate surface area is 152 Å². The number of ether oxygens (including phenoxy) is 4. The van der Waals surface area contributed by atoms with Crippen molar-refractivity contribution >= 4 is 18.1 Å². The van der Waals surface area contributed by atoms with Crippen LogP contribution in [-0.2, 0) is 9.53 Å². The molecule has 0 aliphatic carbocycles. The number of hydrogen-bond donors (Lipinski definition) is 0. The normalized spacial score (nSPS) is 16.7. The van der Waals surface area contributed by atoms with Gasteiger partial charge in [0.25, 0.3) is 0 Å². The lowest BCUT2D eigenvalue weighted by Gasteiger charge is -2.13. The van der Waals surface area contributed by atoms with Crippen LogP contribution in [0, 0.1) is 0 Å². The van der Waals surface area contributed by atoms with Crippen LogP contribution in [0.1, 0.15) is 11.1 Å². The van der Waals surface area contributed by atoms with Gasteiger partial charge in [-0.1, -0.05) is 30.3 Å². The van der Waals surface area contributed by atoms with Gasteiger partial charge >= 0.3 is 5.97 Å². The van der Waals surface area contributed by atoms with Gasteiger partial charge in [-0.15, -0.1) is 0 Å². The summed E-state index contributed by atoms with van der Waals surface area (Å²) >= 11 is 0. The summed E-state index contributed by atoms with van der Waals surface area (Å²) in [6.07, 6.45) is 3.73. The van der Waals surface area contributed by atoms with E-state index in [0.29, 0.717) is 22.8 Å². The van der Waals surface area contributed by atoms with Crippen molar-refractivity contribution in [3.05, 3.63) is 64.7 Å². The summed E-state index contributed by atoms with van der Waals surface area (Å²) in [6.45, 7) is 0.254. The summed E-state index contributed by atoms with van der Waals surface area (Å²) in [6, 6.07) is 13.4. The maximum absolute atomic E-state index is 12.2. The fourth-order valence-corrected chi connectivity index (χ4v) is 2.80. The number of rotatable bonds is 5. The highest BCUT2D eigenvalue weighted by Gasteiger charge is 2.25. The molecule has 5 heteroatoms. The van der Waals surface area contributed by atoms with Crippen LogP contribution in [-0.4, -0.2) is 33.9 Å². The third kappa shape index (κ3) is 3.57. The second kappa shape index (κ2) is 7.78. The first-order valence-electron chi connectivity index (χ1n) is 8.11. The number of hydrogen-bond acceptors (Lipinski definition) is 5. The minimum atomic E-state index is -0.346. The molecule has 0 aromatic heterocycles. The first-order valence-corrected chi connectivity index (χ1v) is 8.11. The zero-order valence-electron chi connectivity index (χ0n) is 14.9. The van der Waals surface area contributed by atoms with Gasteiger partial charge < -0.3 is 18.9 Å². The van der Waals surface area contributed by atoms with E-state index in [1.54, 1.807) is 39.5 Å². The predicted octanol–water partition coefficient (Wildman–Crippen LogP) is 3.74. The summed E-state index contributed by atoms with van der Waals surface area (Å²) < 4.78 is 21.3. The molecule has 0 spiro atoms. The topological polar surface area (TPSA) is 54.0 Å². The number of carbonyl (C=O) groups excluding carboxylic acids is 1. The summed E-state index contributed by atoms with van der Waals surface area (Å²) in [5.41, 5.74) is 3.11. The molecule has 3 rings (SSSR count). The zero-order valence-corrected chi connectivity index (χ0v) is 14.9. The van der Waals surface area contributed by atoms with E-state index < -0.39 is 0 Å². The van der Waals surface area contributed by atoms with Crippen LogP contribution < -0.4 is 14.2 Å². The van der Waals surface area contributed by atoms with Gasteiger partial charge in [0.2, 0.25) is 5.75 Å². The van der Waals surface area contributed by atoms with Crippen molar-refractivity contribution < 1.29 is 23.7 Å². The van der Waals surface area contributed by atoms with Gasteiger partial charge in [0.1, 0.15) is 6.61 Å². The van der Waals surface area contributed by atoms with E-state index >= 15 is 0 Å². The van der Waals surface area contributed by atoms with E-state index in [2.05, 4.69) is 0 Å². The molecular formula is C21H20O5. The number of benzene rings is 2. The molecule has 134 valence electrons. The molecule has 1 aliphatic heterocycles. The Balaban J connectivity index is 2.04. The van der Waals surface area contributed by atoms with Crippen LogP contribution in [0.5, 0.6) is 17.2 Å². The molecule has 2 aromatic rings. The number of cyclic esters (lactones) is 1. The predicted molar refractivity (Wildman–Crippen MR) is 99.5 cm³/mol. The average Bonchev–Trinajstić information content (AvgIpc) is 3.01. The van der Waals surface area contributed by atoms with Crippen molar-refractivity contribution in [2.24, 2.45) is 0 Å². The van der Waals surface area contributed by atoms with Gasteiger partial charge in [-0.25, -0.2) is 4.79 Å². The maximum atomic E-state index is 12.2. The first-order chi connectivity index (χ1) is 12.7. The molecule has 0 unspecified atom stereocenters. The summed E-state index contributed by atoms with van der Waals surface area (Å²) in [7, 11) is 4.66. The lowest BCUT2D eigenvalue weighted by atomic mass is 10.0. The van der Waals surface area contributed by atoms with Crippen molar-refractivity contribution in [2.75, 3.05) is 27.9 Å². The second-order valence-electron chi connectivity index (χ2n) is 5.67. The van der Waals surface area contributed by atoms with Crippen LogP contribution >= 0.6 is 0 Å². The Hall–Kier alpha value is -3.21. The summed E-state index contributed by atoms with van der Waals surface area (Å²) in [5.74, 6) is 1.21. The molecular weight excluding hydrogens is 332 g/mol. The van der Waals surface area contributed by atoms with Crippen LogP contribution in [0.2, 0.25) is 0 Å². The third-order valence-electron chi connectivity index (χ3n) is 4.06. The molecule has 1 heterocycles. The van der Waals surface area contributed by atoms with E-state index in [1.165, 1.54) is 0 Å². The van der Waals surface area contributed by atoms with E-state index in [-0.39, 0.29) is 12.6 Å². The van der Waals surface area contributed by atoms with Gasteiger partial charge in [-0.2, -0.15) is 0 Å². The highest BCUT2D eigenvalue weighted by molar-refractivity contribution is 6.02. The van der Waals surface area contributed by atoms with Gasteiger partial charge in [0, 0.05) is 5.57 Å². The zero-order chi connectivity index (χ0) is 18.5. The number of carbonyl (C=O) groups is 1. The SMILES string of the molecule is COc1cc(/C=C2/C(=O)OC/C2=C/c2ccccc2)cc(OC)c1OC. The quantitative estimate of drug-likeness (QED) is 0.606. The fraction of sp³-hybridized carbons (Fsp3) is 0.190. The molecule has 1 fully saturated rings. The lowest BCUT2D eigenvalue weighted by molar-refractivity contribution is -0.134.